The van der Waals surface area contributed by atoms with E-state index in [9.17, 15) is 0 Å². The Morgan fingerprint density at radius 3 is 2.81 bits per heavy atom. The highest BCUT2D eigenvalue weighted by molar-refractivity contribution is 7.80. The van der Waals surface area contributed by atoms with Crippen LogP contribution in [0.5, 0.6) is 5.75 Å². The molecule has 0 radical (unpaired) electrons. The zero-order valence-corrected chi connectivity index (χ0v) is 16.0. The van der Waals surface area contributed by atoms with E-state index in [1.807, 2.05) is 30.6 Å². The van der Waals surface area contributed by atoms with Crippen LogP contribution in [-0.4, -0.2) is 52.8 Å². The molecule has 0 amide bonds. The smallest absolute Gasteiger partial charge is 0.173 e. The summed E-state index contributed by atoms with van der Waals surface area (Å²) < 4.78 is 5.83. The van der Waals surface area contributed by atoms with Gasteiger partial charge in [-0.25, -0.2) is 4.98 Å². The molecule has 4 rings (SSSR count). The topological polar surface area (TPSA) is 53.5 Å². The molecule has 1 aromatic carbocycles. The van der Waals surface area contributed by atoms with Crippen LogP contribution < -0.4 is 15.0 Å². The largest absolute Gasteiger partial charge is 0.493 e. The Kier molecular flexibility index (Phi) is 5.48. The SMILES string of the molecule is S=C(N/C=C1/CCCOc2ccccc21)N1CCN(c2cnccn2)CC1. The van der Waals surface area contributed by atoms with Gasteiger partial charge in [0, 0.05) is 50.3 Å². The molecule has 1 aromatic heterocycles. The van der Waals surface area contributed by atoms with Crippen molar-refractivity contribution in [3.63, 3.8) is 0 Å². The van der Waals surface area contributed by atoms with Crippen molar-refractivity contribution in [1.82, 2.24) is 20.2 Å². The normalized spacial score (nSPS) is 18.4. The minimum absolute atomic E-state index is 0.753. The van der Waals surface area contributed by atoms with Crippen molar-refractivity contribution < 1.29 is 4.74 Å². The number of rotatable bonds is 2. The maximum Gasteiger partial charge on any atom is 0.173 e. The lowest BCUT2D eigenvalue weighted by atomic mass is 10.0. The highest BCUT2D eigenvalue weighted by Gasteiger charge is 2.20. The van der Waals surface area contributed by atoms with Gasteiger partial charge in [0.15, 0.2) is 5.11 Å². The first-order valence-electron chi connectivity index (χ1n) is 9.29. The Hall–Kier alpha value is -2.67. The second-order valence-electron chi connectivity index (χ2n) is 6.60. The Labute approximate surface area is 164 Å². The molecule has 27 heavy (non-hydrogen) atoms. The molecule has 2 aromatic rings. The van der Waals surface area contributed by atoms with Crippen molar-refractivity contribution in [1.29, 1.82) is 0 Å². The summed E-state index contributed by atoms with van der Waals surface area (Å²) in [6, 6.07) is 8.19. The number of piperazine rings is 1. The molecule has 0 unspecified atom stereocenters. The molecule has 1 N–H and O–H groups in total. The number of ether oxygens (including phenoxy) is 1. The van der Waals surface area contributed by atoms with E-state index in [4.69, 9.17) is 17.0 Å². The van der Waals surface area contributed by atoms with Crippen molar-refractivity contribution in [2.24, 2.45) is 0 Å². The molecule has 1 fully saturated rings. The van der Waals surface area contributed by atoms with E-state index in [0.29, 0.717) is 0 Å². The minimum Gasteiger partial charge on any atom is -0.493 e. The maximum absolute atomic E-state index is 5.83. The molecule has 2 aliphatic heterocycles. The van der Waals surface area contributed by atoms with E-state index in [-0.39, 0.29) is 0 Å². The summed E-state index contributed by atoms with van der Waals surface area (Å²) in [6.45, 7) is 4.25. The summed E-state index contributed by atoms with van der Waals surface area (Å²) >= 11 is 5.62. The lowest BCUT2D eigenvalue weighted by Gasteiger charge is -2.36. The molecule has 6 nitrogen and oxygen atoms in total. The van der Waals surface area contributed by atoms with E-state index in [0.717, 1.165) is 67.9 Å². The summed E-state index contributed by atoms with van der Waals surface area (Å²) in [4.78, 5) is 13.0. The average Bonchev–Trinajstić information content (AvgIpc) is 2.95. The Bertz CT molecular complexity index is 818. The van der Waals surface area contributed by atoms with Gasteiger partial charge in [-0.15, -0.1) is 0 Å². The van der Waals surface area contributed by atoms with Crippen LogP contribution in [0.2, 0.25) is 0 Å². The highest BCUT2D eigenvalue weighted by Crippen LogP contribution is 2.31. The van der Waals surface area contributed by atoms with E-state index >= 15 is 0 Å². The van der Waals surface area contributed by atoms with Gasteiger partial charge >= 0.3 is 0 Å². The zero-order chi connectivity index (χ0) is 18.5. The molecule has 0 saturated carbocycles. The highest BCUT2D eigenvalue weighted by atomic mass is 32.1. The molecule has 0 atom stereocenters. The van der Waals surface area contributed by atoms with Crippen molar-refractivity contribution in [3.05, 3.63) is 54.6 Å². The van der Waals surface area contributed by atoms with Crippen LogP contribution in [0.15, 0.2) is 49.1 Å². The predicted octanol–water partition coefficient (Wildman–Crippen LogP) is 2.69. The van der Waals surface area contributed by atoms with E-state index < -0.39 is 0 Å². The summed E-state index contributed by atoms with van der Waals surface area (Å²) in [6.07, 6.45) is 9.27. The Morgan fingerprint density at radius 2 is 2.00 bits per heavy atom. The van der Waals surface area contributed by atoms with E-state index in [1.54, 1.807) is 12.4 Å². The molecule has 3 heterocycles. The van der Waals surface area contributed by atoms with Crippen LogP contribution in [0.1, 0.15) is 18.4 Å². The molecule has 7 heteroatoms. The van der Waals surface area contributed by atoms with E-state index in [1.165, 1.54) is 5.57 Å². The van der Waals surface area contributed by atoms with Gasteiger partial charge in [0.2, 0.25) is 0 Å². The van der Waals surface area contributed by atoms with Crippen molar-refractivity contribution in [3.8, 4) is 5.75 Å². The number of allylic oxidation sites excluding steroid dienone is 1. The fourth-order valence-electron chi connectivity index (χ4n) is 3.42. The molecule has 140 valence electrons. The first kappa shape index (κ1) is 17.7. The second kappa shape index (κ2) is 8.35. The number of hydrogen-bond donors (Lipinski definition) is 1. The van der Waals surface area contributed by atoms with Gasteiger partial charge in [-0.2, -0.15) is 0 Å². The van der Waals surface area contributed by atoms with Gasteiger partial charge < -0.3 is 19.9 Å². The molecule has 2 aliphatic rings. The fraction of sp³-hybridized carbons (Fsp3) is 0.350. The number of benzene rings is 1. The number of anilines is 1. The van der Waals surface area contributed by atoms with Crippen LogP contribution >= 0.6 is 12.2 Å². The lowest BCUT2D eigenvalue weighted by molar-refractivity contribution is 0.318. The van der Waals surface area contributed by atoms with Gasteiger partial charge in [-0.05, 0) is 36.7 Å². The van der Waals surface area contributed by atoms with Crippen molar-refractivity contribution >= 4 is 28.7 Å². The fourth-order valence-corrected chi connectivity index (χ4v) is 3.66. The lowest BCUT2D eigenvalue weighted by Crippen LogP contribution is -2.51. The van der Waals surface area contributed by atoms with Gasteiger partial charge in [-0.1, -0.05) is 18.2 Å². The van der Waals surface area contributed by atoms with Crippen LogP contribution in [0.3, 0.4) is 0 Å². The maximum atomic E-state index is 5.83. The number of nitrogens with zero attached hydrogens (tertiary/aromatic N) is 4. The van der Waals surface area contributed by atoms with Gasteiger partial charge in [0.05, 0.1) is 12.8 Å². The molecule has 1 saturated heterocycles. The number of nitrogens with one attached hydrogen (secondary N) is 1. The average molecular weight is 382 g/mol. The summed E-state index contributed by atoms with van der Waals surface area (Å²) in [5, 5.41) is 4.11. The molecule has 0 aliphatic carbocycles. The van der Waals surface area contributed by atoms with Crippen LogP contribution in [0, 0.1) is 0 Å². The number of fused-ring (bicyclic) bond motifs is 1. The number of thiocarbonyl (C=S) groups is 1. The first-order valence-corrected chi connectivity index (χ1v) is 9.70. The third-order valence-electron chi connectivity index (χ3n) is 4.89. The molecular weight excluding hydrogens is 358 g/mol. The Morgan fingerprint density at radius 1 is 1.15 bits per heavy atom. The second-order valence-corrected chi connectivity index (χ2v) is 6.99. The number of aromatic nitrogens is 2. The minimum atomic E-state index is 0.753. The molecule has 0 bridgehead atoms. The van der Waals surface area contributed by atoms with E-state index in [2.05, 4.69) is 31.2 Å². The third kappa shape index (κ3) is 4.19. The van der Waals surface area contributed by atoms with Crippen LogP contribution in [0.25, 0.3) is 5.57 Å². The Balaban J connectivity index is 1.37. The summed E-state index contributed by atoms with van der Waals surface area (Å²) in [5.74, 6) is 1.87. The summed E-state index contributed by atoms with van der Waals surface area (Å²) in [5.41, 5.74) is 2.39. The predicted molar refractivity (Wildman–Crippen MR) is 111 cm³/mol. The molecule has 0 spiro atoms. The third-order valence-corrected chi connectivity index (χ3v) is 5.27. The quantitative estimate of drug-likeness (QED) is 0.803. The molecular formula is C20H23N5OS. The van der Waals surface area contributed by atoms with Crippen LogP contribution in [-0.2, 0) is 0 Å². The van der Waals surface area contributed by atoms with Crippen LogP contribution in [0.4, 0.5) is 5.82 Å². The number of hydrogen-bond acceptors (Lipinski definition) is 5. The number of para-hydroxylation sites is 1. The first-order chi connectivity index (χ1) is 13.3. The van der Waals surface area contributed by atoms with Crippen molar-refractivity contribution in [2.45, 2.75) is 12.8 Å². The monoisotopic (exact) mass is 381 g/mol. The summed E-state index contributed by atoms with van der Waals surface area (Å²) in [7, 11) is 0. The standard InChI is InChI=1S/C20H23N5OS/c27-20(25-11-9-24(10-12-25)19-15-21-7-8-22-19)23-14-16-4-3-13-26-18-6-2-1-5-17(16)18/h1-2,5-8,14-15H,3-4,9-13H2,(H,23,27)/b16-14-. The van der Waals surface area contributed by atoms with Gasteiger partial charge in [0.25, 0.3) is 0 Å². The zero-order valence-electron chi connectivity index (χ0n) is 15.2. The van der Waals surface area contributed by atoms with Gasteiger partial charge in [-0.3, -0.25) is 4.98 Å². The van der Waals surface area contributed by atoms with Crippen molar-refractivity contribution in [2.75, 3.05) is 37.7 Å². The van der Waals surface area contributed by atoms with Gasteiger partial charge in [0.1, 0.15) is 11.6 Å².